The first-order valence-electron chi connectivity index (χ1n) is 6.63. The lowest BCUT2D eigenvalue weighted by Crippen LogP contribution is -2.30. The van der Waals surface area contributed by atoms with Gasteiger partial charge in [0, 0.05) is 26.3 Å². The van der Waals surface area contributed by atoms with Crippen LogP contribution >= 0.6 is 11.6 Å². The lowest BCUT2D eigenvalue weighted by Gasteiger charge is -2.09. The number of carbonyl (C=O) groups excluding carboxylic acids is 1. The highest BCUT2D eigenvalue weighted by Gasteiger charge is 2.17. The second-order valence-corrected chi connectivity index (χ2v) is 5.10. The summed E-state index contributed by atoms with van der Waals surface area (Å²) in [6, 6.07) is 3.86. The largest absolute Gasteiger partial charge is 0.368 e. The van der Waals surface area contributed by atoms with E-state index in [1.54, 1.807) is 20.2 Å². The number of nitrogens with zero attached hydrogens (tertiary/aromatic N) is 3. The Bertz CT molecular complexity index is 653. The zero-order valence-corrected chi connectivity index (χ0v) is 13.0. The van der Waals surface area contributed by atoms with Gasteiger partial charge in [0.25, 0.3) is 5.91 Å². The number of nitrogens with one attached hydrogen (secondary N) is 2. The Morgan fingerprint density at radius 2 is 2.14 bits per heavy atom. The summed E-state index contributed by atoms with van der Waals surface area (Å²) in [5, 5.41) is 10.5. The predicted molar refractivity (Wildman–Crippen MR) is 82.8 cm³/mol. The Balaban J connectivity index is 1.86. The highest BCUT2D eigenvalue weighted by atomic mass is 35.5. The van der Waals surface area contributed by atoms with Gasteiger partial charge in [-0.15, -0.1) is 0 Å². The summed E-state index contributed by atoms with van der Waals surface area (Å²) in [6.45, 7) is 4.80. The lowest BCUT2D eigenvalue weighted by molar-refractivity contribution is 0.0946. The second-order valence-electron chi connectivity index (χ2n) is 4.72. The highest BCUT2D eigenvalue weighted by molar-refractivity contribution is 6.34. The van der Waals surface area contributed by atoms with Crippen LogP contribution in [0.3, 0.4) is 0 Å². The molecule has 0 atom stereocenters. The molecular weight excluding hydrogens is 290 g/mol. The molecule has 112 valence electrons. The number of pyridine rings is 1. The van der Waals surface area contributed by atoms with Gasteiger partial charge in [-0.1, -0.05) is 17.7 Å². The van der Waals surface area contributed by atoms with Gasteiger partial charge in [-0.05, 0) is 25.5 Å². The van der Waals surface area contributed by atoms with Gasteiger partial charge in [0.1, 0.15) is 11.5 Å². The van der Waals surface area contributed by atoms with E-state index < -0.39 is 0 Å². The fraction of sp³-hybridized carbons (Fsp3) is 0.357. The maximum atomic E-state index is 12.1. The van der Waals surface area contributed by atoms with Crippen LogP contribution in [0.2, 0.25) is 5.02 Å². The van der Waals surface area contributed by atoms with Crippen LogP contribution in [0.1, 0.15) is 21.7 Å². The van der Waals surface area contributed by atoms with E-state index in [9.17, 15) is 4.79 Å². The molecule has 0 aliphatic heterocycles. The van der Waals surface area contributed by atoms with E-state index >= 15 is 0 Å². The van der Waals surface area contributed by atoms with Crippen molar-refractivity contribution in [2.24, 2.45) is 7.05 Å². The van der Waals surface area contributed by atoms with Gasteiger partial charge in [-0.3, -0.25) is 9.48 Å². The summed E-state index contributed by atoms with van der Waals surface area (Å²) in [4.78, 5) is 16.3. The van der Waals surface area contributed by atoms with Crippen LogP contribution in [-0.4, -0.2) is 33.8 Å². The van der Waals surface area contributed by atoms with Crippen molar-refractivity contribution in [1.82, 2.24) is 20.1 Å². The Morgan fingerprint density at radius 1 is 1.38 bits per heavy atom. The van der Waals surface area contributed by atoms with Gasteiger partial charge >= 0.3 is 0 Å². The second kappa shape index (κ2) is 6.58. The minimum absolute atomic E-state index is 0.234. The third-order valence-corrected chi connectivity index (χ3v) is 3.53. The summed E-state index contributed by atoms with van der Waals surface area (Å²) in [6.07, 6.45) is 1.73. The number of amides is 1. The first-order chi connectivity index (χ1) is 10.0. The van der Waals surface area contributed by atoms with Crippen molar-refractivity contribution in [3.05, 3.63) is 40.3 Å². The molecule has 0 saturated heterocycles. The van der Waals surface area contributed by atoms with Crippen LogP contribution in [0.5, 0.6) is 0 Å². The van der Waals surface area contributed by atoms with E-state index in [1.165, 1.54) is 4.68 Å². The number of aromatic nitrogens is 3. The SMILES string of the molecule is Cc1cccnc1NCCNC(=O)c1c(Cl)c(C)nn1C. The molecule has 2 aromatic rings. The van der Waals surface area contributed by atoms with Crippen molar-refractivity contribution in [2.45, 2.75) is 13.8 Å². The van der Waals surface area contributed by atoms with Crippen molar-refractivity contribution < 1.29 is 4.79 Å². The predicted octanol–water partition coefficient (Wildman–Crippen LogP) is 1.93. The summed E-state index contributed by atoms with van der Waals surface area (Å²) in [5.74, 6) is 0.587. The van der Waals surface area contributed by atoms with E-state index in [0.717, 1.165) is 11.4 Å². The van der Waals surface area contributed by atoms with Gasteiger partial charge in [-0.25, -0.2) is 4.98 Å². The monoisotopic (exact) mass is 307 g/mol. The standard InChI is InChI=1S/C14H18ClN5O/c1-9-5-4-6-16-13(9)17-7-8-18-14(21)12-11(15)10(2)19-20(12)3/h4-6H,7-8H2,1-3H3,(H,16,17)(H,18,21). The first-order valence-corrected chi connectivity index (χ1v) is 7.01. The van der Waals surface area contributed by atoms with Crippen molar-refractivity contribution in [2.75, 3.05) is 18.4 Å². The molecule has 6 nitrogen and oxygen atoms in total. The smallest absolute Gasteiger partial charge is 0.271 e. The number of halogens is 1. The molecule has 0 aliphatic rings. The maximum Gasteiger partial charge on any atom is 0.271 e. The molecule has 7 heteroatoms. The Morgan fingerprint density at radius 3 is 2.76 bits per heavy atom. The molecule has 2 rings (SSSR count). The molecule has 21 heavy (non-hydrogen) atoms. The van der Waals surface area contributed by atoms with Crippen molar-refractivity contribution in [3.8, 4) is 0 Å². The molecule has 0 unspecified atom stereocenters. The molecule has 2 heterocycles. The van der Waals surface area contributed by atoms with E-state index in [2.05, 4.69) is 20.7 Å². The fourth-order valence-electron chi connectivity index (χ4n) is 1.99. The summed E-state index contributed by atoms with van der Waals surface area (Å²) in [5.41, 5.74) is 2.09. The Kier molecular flexibility index (Phi) is 4.80. The van der Waals surface area contributed by atoms with Gasteiger partial charge in [0.2, 0.25) is 0 Å². The summed E-state index contributed by atoms with van der Waals surface area (Å²) >= 11 is 6.07. The molecule has 0 aliphatic carbocycles. The molecule has 0 saturated carbocycles. The number of rotatable bonds is 5. The normalized spacial score (nSPS) is 10.5. The number of hydrogen-bond donors (Lipinski definition) is 2. The Labute approximate surface area is 128 Å². The Hall–Kier alpha value is -2.08. The summed E-state index contributed by atoms with van der Waals surface area (Å²) < 4.78 is 1.49. The number of hydrogen-bond acceptors (Lipinski definition) is 4. The molecule has 0 spiro atoms. The zero-order chi connectivity index (χ0) is 15.4. The molecule has 2 N–H and O–H groups in total. The number of aryl methyl sites for hydroxylation is 3. The van der Waals surface area contributed by atoms with Crippen molar-refractivity contribution in [3.63, 3.8) is 0 Å². The maximum absolute atomic E-state index is 12.1. The van der Waals surface area contributed by atoms with Gasteiger partial charge in [-0.2, -0.15) is 5.10 Å². The molecule has 0 fully saturated rings. The highest BCUT2D eigenvalue weighted by Crippen LogP contribution is 2.18. The lowest BCUT2D eigenvalue weighted by atomic mass is 10.3. The summed E-state index contributed by atoms with van der Waals surface area (Å²) in [7, 11) is 1.70. The van der Waals surface area contributed by atoms with Crippen molar-refractivity contribution >= 4 is 23.3 Å². The minimum Gasteiger partial charge on any atom is -0.368 e. The molecular formula is C14H18ClN5O. The third kappa shape index (κ3) is 3.52. The van der Waals surface area contributed by atoms with E-state index in [-0.39, 0.29) is 5.91 Å². The average molecular weight is 308 g/mol. The van der Waals surface area contributed by atoms with Crippen LogP contribution < -0.4 is 10.6 Å². The van der Waals surface area contributed by atoms with Crippen LogP contribution in [0.25, 0.3) is 0 Å². The first kappa shape index (κ1) is 15.3. The topological polar surface area (TPSA) is 71.8 Å². The molecule has 2 aromatic heterocycles. The van der Waals surface area contributed by atoms with Gasteiger partial charge in [0.05, 0.1) is 10.7 Å². The average Bonchev–Trinajstić information content (AvgIpc) is 2.70. The van der Waals surface area contributed by atoms with Gasteiger partial charge in [0.15, 0.2) is 0 Å². The fourth-order valence-corrected chi connectivity index (χ4v) is 2.24. The van der Waals surface area contributed by atoms with Gasteiger partial charge < -0.3 is 10.6 Å². The molecule has 0 radical (unpaired) electrons. The minimum atomic E-state index is -0.234. The third-order valence-electron chi connectivity index (χ3n) is 3.08. The van der Waals surface area contributed by atoms with Crippen LogP contribution in [-0.2, 0) is 7.05 Å². The van der Waals surface area contributed by atoms with Crippen LogP contribution in [0.4, 0.5) is 5.82 Å². The molecule has 0 bridgehead atoms. The molecule has 1 amide bonds. The molecule has 0 aromatic carbocycles. The quantitative estimate of drug-likeness (QED) is 0.828. The van der Waals surface area contributed by atoms with Crippen LogP contribution in [0, 0.1) is 13.8 Å². The van der Waals surface area contributed by atoms with Crippen molar-refractivity contribution in [1.29, 1.82) is 0 Å². The van der Waals surface area contributed by atoms with E-state index in [0.29, 0.717) is 29.5 Å². The van der Waals surface area contributed by atoms with Crippen LogP contribution in [0.15, 0.2) is 18.3 Å². The van der Waals surface area contributed by atoms with E-state index in [4.69, 9.17) is 11.6 Å². The zero-order valence-electron chi connectivity index (χ0n) is 12.3. The number of carbonyl (C=O) groups is 1. The number of anilines is 1. The van der Waals surface area contributed by atoms with E-state index in [1.807, 2.05) is 19.1 Å².